The molecule has 2 aliphatic rings. The summed E-state index contributed by atoms with van der Waals surface area (Å²) < 4.78 is 16.9. The zero-order chi connectivity index (χ0) is 22.4. The van der Waals surface area contributed by atoms with Gasteiger partial charge in [0, 0.05) is 39.0 Å². The van der Waals surface area contributed by atoms with Crippen molar-refractivity contribution in [3.05, 3.63) is 60.2 Å². The molecular formula is C25H33ClN2O5. The second kappa shape index (κ2) is 11.6. The lowest BCUT2D eigenvalue weighted by Gasteiger charge is -2.38. The molecule has 1 atom stereocenters. The van der Waals surface area contributed by atoms with Gasteiger partial charge in [-0.05, 0) is 24.1 Å². The van der Waals surface area contributed by atoms with E-state index in [2.05, 4.69) is 17.0 Å². The molecule has 0 radical (unpaired) electrons. The van der Waals surface area contributed by atoms with Crippen molar-refractivity contribution in [2.75, 3.05) is 46.4 Å². The molecule has 0 aliphatic carbocycles. The number of carbonyl (C=O) groups is 1. The summed E-state index contributed by atoms with van der Waals surface area (Å²) in [5.41, 5.74) is 0.823. The number of piperidine rings is 1. The first-order valence-corrected chi connectivity index (χ1v) is 11.2. The Labute approximate surface area is 201 Å². The lowest BCUT2D eigenvalue weighted by atomic mass is 9.91. The van der Waals surface area contributed by atoms with Crippen molar-refractivity contribution in [2.45, 2.75) is 31.0 Å². The highest BCUT2D eigenvalue weighted by atomic mass is 35.5. The largest absolute Gasteiger partial charge is 0.493 e. The molecule has 1 unspecified atom stereocenters. The van der Waals surface area contributed by atoms with Gasteiger partial charge in [0.05, 0.1) is 13.7 Å². The molecule has 2 heterocycles. The minimum Gasteiger partial charge on any atom is -0.493 e. The molecule has 1 spiro atoms. The quantitative estimate of drug-likeness (QED) is 0.598. The van der Waals surface area contributed by atoms with Gasteiger partial charge in [-0.3, -0.25) is 0 Å². The molecule has 2 aromatic carbocycles. The summed E-state index contributed by atoms with van der Waals surface area (Å²) in [4.78, 5) is 16.5. The number of amides is 1. The molecule has 0 saturated carbocycles. The minimum absolute atomic E-state index is 0. The predicted octanol–water partition coefficient (Wildman–Crippen LogP) is 3.39. The van der Waals surface area contributed by atoms with Gasteiger partial charge < -0.3 is 29.1 Å². The number of methoxy groups -OCH3 is 1. The van der Waals surface area contributed by atoms with Crippen LogP contribution in [0.3, 0.4) is 0 Å². The lowest BCUT2D eigenvalue weighted by molar-refractivity contribution is -0.0145. The first kappa shape index (κ1) is 25.1. The average molecular weight is 477 g/mol. The average Bonchev–Trinajstić information content (AvgIpc) is 3.13. The number of nitrogens with zero attached hydrogens (tertiary/aromatic N) is 2. The molecule has 0 bridgehead atoms. The Kier molecular flexibility index (Phi) is 8.83. The van der Waals surface area contributed by atoms with Crippen LogP contribution in [0.5, 0.6) is 11.5 Å². The monoisotopic (exact) mass is 476 g/mol. The zero-order valence-corrected chi connectivity index (χ0v) is 19.8. The summed E-state index contributed by atoms with van der Waals surface area (Å²) in [5, 5.41) is 10.4. The molecule has 2 aliphatic heterocycles. The van der Waals surface area contributed by atoms with Crippen LogP contribution in [0.2, 0.25) is 0 Å². The Morgan fingerprint density at radius 3 is 2.42 bits per heavy atom. The Morgan fingerprint density at radius 2 is 1.73 bits per heavy atom. The van der Waals surface area contributed by atoms with Crippen LogP contribution in [0.25, 0.3) is 0 Å². The van der Waals surface area contributed by atoms with Crippen LogP contribution in [-0.4, -0.2) is 79.1 Å². The third kappa shape index (κ3) is 6.53. The van der Waals surface area contributed by atoms with Crippen molar-refractivity contribution in [1.82, 2.24) is 9.80 Å². The van der Waals surface area contributed by atoms with Crippen molar-refractivity contribution < 1.29 is 24.1 Å². The smallest absolute Gasteiger partial charge is 0.410 e. The van der Waals surface area contributed by atoms with Crippen LogP contribution in [0, 0.1) is 0 Å². The maximum atomic E-state index is 12.4. The number of para-hydroxylation sites is 2. The topological polar surface area (TPSA) is 71.5 Å². The number of β-amino-alcohol motifs (C(OH)–C–C–N with tert-alkyl or cyclic N) is 1. The van der Waals surface area contributed by atoms with E-state index in [4.69, 9.17) is 14.2 Å². The van der Waals surface area contributed by atoms with Gasteiger partial charge >= 0.3 is 6.09 Å². The lowest BCUT2D eigenvalue weighted by Crippen LogP contribution is -2.49. The van der Waals surface area contributed by atoms with Crippen LogP contribution in [-0.2, 0) is 11.2 Å². The fourth-order valence-electron chi connectivity index (χ4n) is 4.45. The van der Waals surface area contributed by atoms with Crippen molar-refractivity contribution in [2.24, 2.45) is 0 Å². The normalized spacial score (nSPS) is 18.5. The molecule has 4 rings (SSSR count). The molecule has 1 amide bonds. The fourth-order valence-corrected chi connectivity index (χ4v) is 4.45. The number of ether oxygens (including phenoxy) is 3. The number of likely N-dealkylation sites (tertiary alicyclic amines) is 1. The van der Waals surface area contributed by atoms with Crippen LogP contribution < -0.4 is 9.47 Å². The number of aliphatic hydroxyl groups is 1. The van der Waals surface area contributed by atoms with Crippen molar-refractivity contribution in [1.29, 1.82) is 0 Å². The van der Waals surface area contributed by atoms with E-state index >= 15 is 0 Å². The molecular weight excluding hydrogens is 444 g/mol. The van der Waals surface area contributed by atoms with Crippen molar-refractivity contribution in [3.63, 3.8) is 0 Å². The van der Waals surface area contributed by atoms with Gasteiger partial charge in [-0.15, -0.1) is 12.4 Å². The summed E-state index contributed by atoms with van der Waals surface area (Å²) in [6, 6.07) is 17.6. The number of aliphatic hydroxyl groups excluding tert-OH is 1. The Morgan fingerprint density at radius 1 is 1.06 bits per heavy atom. The second-order valence-electron chi connectivity index (χ2n) is 8.62. The van der Waals surface area contributed by atoms with Gasteiger partial charge in [0.1, 0.15) is 18.3 Å². The number of carbonyl (C=O) groups excluding carboxylic acids is 1. The van der Waals surface area contributed by atoms with E-state index in [0.29, 0.717) is 31.1 Å². The third-order valence-corrected chi connectivity index (χ3v) is 6.29. The van der Waals surface area contributed by atoms with E-state index in [-0.39, 0.29) is 25.1 Å². The Bertz CT molecular complexity index is 889. The number of benzene rings is 2. The number of hydrogen-bond acceptors (Lipinski definition) is 6. The molecule has 2 saturated heterocycles. The van der Waals surface area contributed by atoms with E-state index in [1.165, 1.54) is 5.56 Å². The maximum absolute atomic E-state index is 12.4. The van der Waals surface area contributed by atoms with Crippen LogP contribution in [0.4, 0.5) is 4.79 Å². The van der Waals surface area contributed by atoms with Gasteiger partial charge in [-0.2, -0.15) is 0 Å². The Hall–Kier alpha value is -2.48. The van der Waals surface area contributed by atoms with E-state index in [9.17, 15) is 9.90 Å². The van der Waals surface area contributed by atoms with Crippen LogP contribution >= 0.6 is 12.4 Å². The first-order chi connectivity index (χ1) is 15.6. The fraction of sp³-hybridized carbons (Fsp3) is 0.480. The summed E-state index contributed by atoms with van der Waals surface area (Å²) in [5.74, 6) is 1.28. The van der Waals surface area contributed by atoms with Crippen LogP contribution in [0.1, 0.15) is 18.4 Å². The predicted molar refractivity (Wildman–Crippen MR) is 128 cm³/mol. The van der Waals surface area contributed by atoms with E-state index < -0.39 is 11.7 Å². The van der Waals surface area contributed by atoms with Gasteiger partial charge in [-0.1, -0.05) is 42.5 Å². The van der Waals surface area contributed by atoms with Gasteiger partial charge in [0.15, 0.2) is 11.5 Å². The van der Waals surface area contributed by atoms with E-state index in [1.54, 1.807) is 7.11 Å². The van der Waals surface area contributed by atoms with Crippen molar-refractivity contribution in [3.8, 4) is 11.5 Å². The van der Waals surface area contributed by atoms with Gasteiger partial charge in [0.25, 0.3) is 0 Å². The maximum Gasteiger partial charge on any atom is 0.410 e. The number of rotatable bonds is 9. The molecule has 180 valence electrons. The van der Waals surface area contributed by atoms with E-state index in [1.807, 2.05) is 47.4 Å². The summed E-state index contributed by atoms with van der Waals surface area (Å²) in [6.45, 7) is 3.61. The number of halogens is 1. The summed E-state index contributed by atoms with van der Waals surface area (Å²) in [7, 11) is 1.60. The molecule has 7 nitrogen and oxygen atoms in total. The summed E-state index contributed by atoms with van der Waals surface area (Å²) in [6.07, 6.45) is 1.57. The Balaban J connectivity index is 0.00000306. The zero-order valence-electron chi connectivity index (χ0n) is 19.0. The highest BCUT2D eigenvalue weighted by Crippen LogP contribution is 2.33. The van der Waals surface area contributed by atoms with E-state index in [0.717, 1.165) is 32.4 Å². The van der Waals surface area contributed by atoms with Crippen LogP contribution in [0.15, 0.2) is 54.6 Å². The highest BCUT2D eigenvalue weighted by molar-refractivity contribution is 5.85. The van der Waals surface area contributed by atoms with Gasteiger partial charge in [0.2, 0.25) is 0 Å². The number of hydrogen-bond donors (Lipinski definition) is 1. The second-order valence-corrected chi connectivity index (χ2v) is 8.62. The standard InChI is InChI=1S/C25H32N2O5.ClH/c1-30-22-9-5-6-10-23(22)31-18-21(28)17-26-15-12-25(13-16-26)19-27(24(29)32-25)14-11-20-7-3-2-4-8-20;/h2-10,21,28H,11-19H2,1H3;1H. The molecule has 2 fully saturated rings. The first-order valence-electron chi connectivity index (χ1n) is 11.2. The molecule has 33 heavy (non-hydrogen) atoms. The molecule has 0 aromatic heterocycles. The molecule has 2 aromatic rings. The van der Waals surface area contributed by atoms with Crippen molar-refractivity contribution >= 4 is 18.5 Å². The SMILES string of the molecule is COc1ccccc1OCC(O)CN1CCC2(CC1)CN(CCc1ccccc1)C(=O)O2.Cl. The minimum atomic E-state index is -0.609. The molecule has 1 N–H and O–H groups in total. The third-order valence-electron chi connectivity index (χ3n) is 6.29. The summed E-state index contributed by atoms with van der Waals surface area (Å²) >= 11 is 0. The van der Waals surface area contributed by atoms with Gasteiger partial charge in [-0.25, -0.2) is 4.79 Å². The highest BCUT2D eigenvalue weighted by Gasteiger charge is 2.46. The molecule has 8 heteroatoms.